The molecular weight excluding hydrogens is 392 g/mol. The van der Waals surface area contributed by atoms with Crippen LogP contribution in [-0.2, 0) is 6.54 Å². The van der Waals surface area contributed by atoms with Crippen LogP contribution in [0.4, 0.5) is 4.79 Å². The Hall–Kier alpha value is -3.45. The Morgan fingerprint density at radius 2 is 1.87 bits per heavy atom. The molecule has 1 atom stereocenters. The van der Waals surface area contributed by atoms with Crippen LogP contribution in [0.3, 0.4) is 0 Å². The third-order valence-corrected chi connectivity index (χ3v) is 5.74. The molecule has 4 rings (SSSR count). The standard InChI is InChI=1S/C24H26N4O3/c1-17-14-19(8-9-21(17)20-6-4-3-5-7-20)16-26-12-13-27(18(2)15-26)24(31)28-11-10-22(25-28)23(29)30/h3-11,14,18H,12-13,15-16H2,1-2H3,(H,29,30). The Bertz CT molecular complexity index is 1090. The van der Waals surface area contributed by atoms with Crippen molar-refractivity contribution in [3.8, 4) is 11.1 Å². The summed E-state index contributed by atoms with van der Waals surface area (Å²) in [5.41, 5.74) is 4.83. The highest BCUT2D eigenvalue weighted by molar-refractivity contribution is 5.86. The predicted molar refractivity (Wildman–Crippen MR) is 118 cm³/mol. The molecule has 0 spiro atoms. The minimum absolute atomic E-state index is 0.00316. The van der Waals surface area contributed by atoms with Crippen molar-refractivity contribution in [1.29, 1.82) is 0 Å². The van der Waals surface area contributed by atoms with Gasteiger partial charge < -0.3 is 10.0 Å². The molecule has 2 aromatic carbocycles. The number of carbonyl (C=O) groups excluding carboxylic acids is 1. The van der Waals surface area contributed by atoms with Crippen LogP contribution >= 0.6 is 0 Å². The van der Waals surface area contributed by atoms with Crippen LogP contribution in [0.5, 0.6) is 0 Å². The van der Waals surface area contributed by atoms with E-state index in [0.29, 0.717) is 6.54 Å². The van der Waals surface area contributed by atoms with Gasteiger partial charge in [-0.15, -0.1) is 0 Å². The van der Waals surface area contributed by atoms with E-state index in [0.717, 1.165) is 24.3 Å². The fourth-order valence-electron chi connectivity index (χ4n) is 4.16. The lowest BCUT2D eigenvalue weighted by Crippen LogP contribution is -2.54. The molecule has 1 aliphatic rings. The van der Waals surface area contributed by atoms with E-state index in [1.807, 2.05) is 13.0 Å². The van der Waals surface area contributed by atoms with Gasteiger partial charge in [0, 0.05) is 38.4 Å². The number of carbonyl (C=O) groups is 2. The Morgan fingerprint density at radius 1 is 1.10 bits per heavy atom. The smallest absolute Gasteiger partial charge is 0.356 e. The third-order valence-electron chi connectivity index (χ3n) is 5.74. The summed E-state index contributed by atoms with van der Waals surface area (Å²) in [5, 5.41) is 12.9. The van der Waals surface area contributed by atoms with Gasteiger partial charge in [-0.1, -0.05) is 48.5 Å². The first kappa shape index (κ1) is 20.8. The van der Waals surface area contributed by atoms with Gasteiger partial charge in [-0.25, -0.2) is 9.59 Å². The number of aromatic carboxylic acids is 1. The van der Waals surface area contributed by atoms with E-state index in [4.69, 9.17) is 5.11 Å². The minimum Gasteiger partial charge on any atom is -0.476 e. The van der Waals surface area contributed by atoms with Crippen molar-refractivity contribution in [2.45, 2.75) is 26.4 Å². The molecule has 1 aliphatic heterocycles. The fraction of sp³-hybridized carbons (Fsp3) is 0.292. The number of piperazine rings is 1. The number of aromatic nitrogens is 2. The monoisotopic (exact) mass is 418 g/mol. The lowest BCUT2D eigenvalue weighted by molar-refractivity contribution is 0.0689. The first-order valence-electron chi connectivity index (χ1n) is 10.4. The zero-order chi connectivity index (χ0) is 22.0. The lowest BCUT2D eigenvalue weighted by Gasteiger charge is -2.39. The van der Waals surface area contributed by atoms with Crippen LogP contribution in [-0.4, -0.2) is 62.4 Å². The van der Waals surface area contributed by atoms with E-state index in [1.54, 1.807) is 4.90 Å². The molecule has 1 amide bonds. The fourth-order valence-corrected chi connectivity index (χ4v) is 4.16. The van der Waals surface area contributed by atoms with Gasteiger partial charge >= 0.3 is 12.0 Å². The molecule has 0 aliphatic carbocycles. The highest BCUT2D eigenvalue weighted by Gasteiger charge is 2.29. The van der Waals surface area contributed by atoms with Gasteiger partial charge in [-0.2, -0.15) is 9.78 Å². The van der Waals surface area contributed by atoms with Gasteiger partial charge in [0.15, 0.2) is 5.69 Å². The maximum Gasteiger partial charge on any atom is 0.356 e. The first-order valence-corrected chi connectivity index (χ1v) is 10.4. The molecule has 1 aromatic heterocycles. The maximum absolute atomic E-state index is 12.7. The van der Waals surface area contributed by atoms with Gasteiger partial charge in [-0.3, -0.25) is 4.90 Å². The summed E-state index contributed by atoms with van der Waals surface area (Å²) in [6.45, 7) is 7.05. The predicted octanol–water partition coefficient (Wildman–Crippen LogP) is 3.73. The number of aryl methyl sites for hydroxylation is 1. The van der Waals surface area contributed by atoms with Crippen molar-refractivity contribution in [1.82, 2.24) is 19.6 Å². The van der Waals surface area contributed by atoms with Crippen molar-refractivity contribution in [2.24, 2.45) is 0 Å². The average Bonchev–Trinajstić information content (AvgIpc) is 3.25. The van der Waals surface area contributed by atoms with Crippen molar-refractivity contribution in [3.05, 3.63) is 77.6 Å². The highest BCUT2D eigenvalue weighted by Crippen LogP contribution is 2.25. The quantitative estimate of drug-likeness (QED) is 0.698. The molecule has 160 valence electrons. The second-order valence-electron chi connectivity index (χ2n) is 8.03. The minimum atomic E-state index is -1.14. The molecule has 1 unspecified atom stereocenters. The van der Waals surface area contributed by atoms with Gasteiger partial charge in [0.1, 0.15) is 0 Å². The molecule has 1 N–H and O–H groups in total. The summed E-state index contributed by atoms with van der Waals surface area (Å²) in [5.74, 6) is -1.14. The van der Waals surface area contributed by atoms with E-state index < -0.39 is 5.97 Å². The zero-order valence-corrected chi connectivity index (χ0v) is 17.7. The van der Waals surface area contributed by atoms with Crippen molar-refractivity contribution in [3.63, 3.8) is 0 Å². The number of benzene rings is 2. The molecule has 0 radical (unpaired) electrons. The molecular formula is C24H26N4O3. The van der Waals surface area contributed by atoms with Gasteiger partial charge in [-0.05, 0) is 42.2 Å². The van der Waals surface area contributed by atoms with Crippen molar-refractivity contribution < 1.29 is 14.7 Å². The molecule has 1 fully saturated rings. The van der Waals surface area contributed by atoms with E-state index >= 15 is 0 Å². The SMILES string of the molecule is Cc1cc(CN2CCN(C(=O)n3ccc(C(=O)O)n3)C(C)C2)ccc1-c1ccccc1. The number of hydrogen-bond donors (Lipinski definition) is 1. The van der Waals surface area contributed by atoms with Crippen LogP contribution in [0.25, 0.3) is 11.1 Å². The molecule has 31 heavy (non-hydrogen) atoms. The number of rotatable bonds is 4. The molecule has 7 heteroatoms. The topological polar surface area (TPSA) is 78.7 Å². The Morgan fingerprint density at radius 3 is 2.52 bits per heavy atom. The number of amides is 1. The average molecular weight is 418 g/mol. The van der Waals surface area contributed by atoms with Crippen molar-refractivity contribution >= 4 is 12.0 Å². The van der Waals surface area contributed by atoms with Gasteiger partial charge in [0.05, 0.1) is 0 Å². The molecule has 0 saturated carbocycles. The highest BCUT2D eigenvalue weighted by atomic mass is 16.4. The molecule has 3 aromatic rings. The van der Waals surface area contributed by atoms with Crippen LogP contribution in [0.2, 0.25) is 0 Å². The molecule has 0 bridgehead atoms. The summed E-state index contributed by atoms with van der Waals surface area (Å²) in [6.07, 6.45) is 1.40. The summed E-state index contributed by atoms with van der Waals surface area (Å²) >= 11 is 0. The van der Waals surface area contributed by atoms with Gasteiger partial charge in [0.25, 0.3) is 0 Å². The lowest BCUT2D eigenvalue weighted by atomic mass is 9.98. The van der Waals surface area contributed by atoms with E-state index in [2.05, 4.69) is 59.4 Å². The van der Waals surface area contributed by atoms with Crippen LogP contribution in [0.1, 0.15) is 28.5 Å². The number of hydrogen-bond acceptors (Lipinski definition) is 4. The number of carboxylic acid groups (broad SMARTS) is 1. The summed E-state index contributed by atoms with van der Waals surface area (Å²) < 4.78 is 1.11. The Labute approximate surface area is 181 Å². The van der Waals surface area contributed by atoms with Crippen LogP contribution in [0.15, 0.2) is 60.8 Å². The van der Waals surface area contributed by atoms with Crippen LogP contribution in [0, 0.1) is 6.92 Å². The molecule has 1 saturated heterocycles. The second-order valence-corrected chi connectivity index (χ2v) is 8.03. The summed E-state index contributed by atoms with van der Waals surface area (Å²) in [7, 11) is 0. The first-order chi connectivity index (χ1) is 14.9. The van der Waals surface area contributed by atoms with E-state index in [1.165, 1.54) is 34.5 Å². The normalized spacial score (nSPS) is 17.0. The molecule has 7 nitrogen and oxygen atoms in total. The van der Waals surface area contributed by atoms with Gasteiger partial charge in [0.2, 0.25) is 0 Å². The Kier molecular flexibility index (Phi) is 5.86. The zero-order valence-electron chi connectivity index (χ0n) is 17.7. The third kappa shape index (κ3) is 4.51. The van der Waals surface area contributed by atoms with Crippen LogP contribution < -0.4 is 0 Å². The number of carboxylic acids is 1. The summed E-state index contributed by atoms with van der Waals surface area (Å²) in [6, 6.07) is 18.0. The maximum atomic E-state index is 12.7. The summed E-state index contributed by atoms with van der Waals surface area (Å²) in [4.78, 5) is 27.8. The largest absolute Gasteiger partial charge is 0.476 e. The Balaban J connectivity index is 1.39. The second kappa shape index (κ2) is 8.73. The van der Waals surface area contributed by atoms with E-state index in [9.17, 15) is 9.59 Å². The van der Waals surface area contributed by atoms with Crippen molar-refractivity contribution in [2.75, 3.05) is 19.6 Å². The van der Waals surface area contributed by atoms with E-state index in [-0.39, 0.29) is 17.8 Å². The molecule has 2 heterocycles. The number of nitrogens with zero attached hydrogens (tertiary/aromatic N) is 4.